The number of halogens is 2. The summed E-state index contributed by atoms with van der Waals surface area (Å²) in [5.41, 5.74) is 6.35. The van der Waals surface area contributed by atoms with Crippen LogP contribution in [0.15, 0.2) is 16.7 Å². The molecule has 0 bridgehead atoms. The fourth-order valence-corrected chi connectivity index (χ4v) is 1.66. The van der Waals surface area contributed by atoms with E-state index in [4.69, 9.17) is 17.3 Å². The molecule has 0 amide bonds. The summed E-state index contributed by atoms with van der Waals surface area (Å²) in [5, 5.41) is 4.06. The normalized spacial score (nSPS) is 10.8. The molecule has 0 unspecified atom stereocenters. The smallest absolute Gasteiger partial charge is 0.243 e. The van der Waals surface area contributed by atoms with Crippen LogP contribution in [0.3, 0.4) is 0 Å². The van der Waals surface area contributed by atoms with Crippen molar-refractivity contribution in [1.29, 1.82) is 0 Å². The van der Waals surface area contributed by atoms with Gasteiger partial charge < -0.3 is 5.73 Å². The van der Waals surface area contributed by atoms with Gasteiger partial charge in [-0.15, -0.1) is 5.10 Å². The molecule has 2 N–H and O–H groups in total. The molecule has 12 heavy (non-hydrogen) atoms. The number of rotatable bonds is 0. The first kappa shape index (κ1) is 7.82. The summed E-state index contributed by atoms with van der Waals surface area (Å²) in [6, 6.07) is 1.83. The molecule has 2 heterocycles. The summed E-state index contributed by atoms with van der Waals surface area (Å²) in [5.74, 6) is 0.367. The van der Waals surface area contributed by atoms with Crippen LogP contribution in [-0.4, -0.2) is 14.6 Å². The predicted molar refractivity (Wildman–Crippen MR) is 50.1 cm³/mol. The van der Waals surface area contributed by atoms with Crippen LogP contribution < -0.4 is 5.73 Å². The maximum atomic E-state index is 5.62. The first-order valence-electron chi connectivity index (χ1n) is 3.14. The summed E-state index contributed by atoms with van der Waals surface area (Å²) in [6.45, 7) is 0. The first-order chi connectivity index (χ1) is 5.68. The van der Waals surface area contributed by atoms with Crippen molar-refractivity contribution in [2.24, 2.45) is 0 Å². The fourth-order valence-electron chi connectivity index (χ4n) is 0.986. The largest absolute Gasteiger partial charge is 0.382 e. The molecule has 0 radical (unpaired) electrons. The van der Waals surface area contributed by atoms with Crippen LogP contribution in [0.25, 0.3) is 5.52 Å². The van der Waals surface area contributed by atoms with Gasteiger partial charge in [-0.25, -0.2) is 4.52 Å². The highest BCUT2D eigenvalue weighted by molar-refractivity contribution is 9.10. The number of fused-ring (bicyclic) bond motifs is 1. The zero-order valence-corrected chi connectivity index (χ0v) is 8.17. The molecular formula is C6H4BrClN4. The van der Waals surface area contributed by atoms with Crippen molar-refractivity contribution in [3.63, 3.8) is 0 Å². The van der Waals surface area contributed by atoms with Gasteiger partial charge in [-0.3, -0.25) is 0 Å². The van der Waals surface area contributed by atoms with Gasteiger partial charge in [0, 0.05) is 10.7 Å². The molecule has 4 nitrogen and oxygen atoms in total. The molecule has 0 aliphatic carbocycles. The third kappa shape index (κ3) is 1.05. The summed E-state index contributed by atoms with van der Waals surface area (Å²) >= 11 is 8.91. The Bertz CT molecular complexity index is 438. The molecule has 2 rings (SSSR count). The second-order valence-electron chi connectivity index (χ2n) is 2.22. The second kappa shape index (κ2) is 2.60. The van der Waals surface area contributed by atoms with Crippen molar-refractivity contribution < 1.29 is 0 Å². The van der Waals surface area contributed by atoms with E-state index in [1.165, 1.54) is 0 Å². The summed E-state index contributed by atoms with van der Waals surface area (Å²) in [7, 11) is 0. The van der Waals surface area contributed by atoms with Crippen molar-refractivity contribution in [3.05, 3.63) is 22.0 Å². The van der Waals surface area contributed by atoms with Crippen LogP contribution in [0.5, 0.6) is 0 Å². The van der Waals surface area contributed by atoms with Crippen LogP contribution >= 0.6 is 27.5 Å². The van der Waals surface area contributed by atoms with E-state index in [1.807, 2.05) is 6.07 Å². The zero-order chi connectivity index (χ0) is 8.72. The van der Waals surface area contributed by atoms with Crippen molar-refractivity contribution in [2.75, 3.05) is 5.73 Å². The summed E-state index contributed by atoms with van der Waals surface area (Å²) in [4.78, 5) is 3.82. The predicted octanol–water partition coefficient (Wildman–Crippen LogP) is 1.73. The van der Waals surface area contributed by atoms with Crippen molar-refractivity contribution in [3.8, 4) is 0 Å². The summed E-state index contributed by atoms with van der Waals surface area (Å²) in [6.07, 6.45) is 1.75. The van der Waals surface area contributed by atoms with Gasteiger partial charge in [0.1, 0.15) is 5.52 Å². The van der Waals surface area contributed by atoms with Gasteiger partial charge in [0.05, 0.1) is 0 Å². The molecular weight excluding hydrogens is 243 g/mol. The van der Waals surface area contributed by atoms with E-state index in [-0.39, 0.29) is 5.28 Å². The van der Waals surface area contributed by atoms with Crippen molar-refractivity contribution in [2.45, 2.75) is 0 Å². The molecule has 62 valence electrons. The minimum Gasteiger partial charge on any atom is -0.382 e. The van der Waals surface area contributed by atoms with E-state index in [0.717, 1.165) is 9.99 Å². The van der Waals surface area contributed by atoms with Crippen LogP contribution in [0.2, 0.25) is 5.28 Å². The SMILES string of the molecule is Nc1nc(Cl)nn2ccc(Br)c12. The highest BCUT2D eigenvalue weighted by Crippen LogP contribution is 2.23. The lowest BCUT2D eigenvalue weighted by atomic mass is 10.5. The fraction of sp³-hybridized carbons (Fsp3) is 0. The molecule has 0 spiro atoms. The topological polar surface area (TPSA) is 56.2 Å². The van der Waals surface area contributed by atoms with Crippen LogP contribution in [-0.2, 0) is 0 Å². The van der Waals surface area contributed by atoms with Crippen LogP contribution in [0.4, 0.5) is 5.82 Å². The Morgan fingerprint density at radius 3 is 3.08 bits per heavy atom. The van der Waals surface area contributed by atoms with Crippen LogP contribution in [0.1, 0.15) is 0 Å². The average Bonchev–Trinajstić information content (AvgIpc) is 2.31. The van der Waals surface area contributed by atoms with Gasteiger partial charge in [0.15, 0.2) is 5.82 Å². The Labute approximate surface area is 81.5 Å². The molecule has 0 aliphatic rings. The van der Waals surface area contributed by atoms with Gasteiger partial charge in [0.2, 0.25) is 5.28 Å². The number of nitrogens with zero attached hydrogens (tertiary/aromatic N) is 3. The number of anilines is 1. The van der Waals surface area contributed by atoms with E-state index in [9.17, 15) is 0 Å². The van der Waals surface area contributed by atoms with E-state index in [1.54, 1.807) is 10.7 Å². The minimum absolute atomic E-state index is 0.142. The van der Waals surface area contributed by atoms with E-state index in [2.05, 4.69) is 26.0 Å². The third-order valence-corrected chi connectivity index (χ3v) is 2.26. The number of nitrogen functional groups attached to an aromatic ring is 1. The molecule has 2 aromatic heterocycles. The monoisotopic (exact) mass is 246 g/mol. The molecule has 0 aromatic carbocycles. The van der Waals surface area contributed by atoms with E-state index in [0.29, 0.717) is 5.82 Å². The van der Waals surface area contributed by atoms with Crippen molar-refractivity contribution in [1.82, 2.24) is 14.6 Å². The van der Waals surface area contributed by atoms with Gasteiger partial charge in [-0.1, -0.05) is 0 Å². The lowest BCUT2D eigenvalue weighted by molar-refractivity contribution is 0.908. The van der Waals surface area contributed by atoms with E-state index < -0.39 is 0 Å². The van der Waals surface area contributed by atoms with Gasteiger partial charge >= 0.3 is 0 Å². The highest BCUT2D eigenvalue weighted by atomic mass is 79.9. The quantitative estimate of drug-likeness (QED) is 0.771. The number of nitrogens with two attached hydrogens (primary N) is 1. The third-order valence-electron chi connectivity index (χ3n) is 1.46. The number of aromatic nitrogens is 3. The number of hydrogen-bond donors (Lipinski definition) is 1. The summed E-state index contributed by atoms with van der Waals surface area (Å²) < 4.78 is 2.44. The standard InChI is InChI=1S/C6H4BrClN4/c7-3-1-2-12-4(3)5(9)10-6(8)11-12/h1-2H,(H2,9,10,11). The van der Waals surface area contributed by atoms with Crippen molar-refractivity contribution >= 4 is 38.9 Å². The Morgan fingerprint density at radius 2 is 2.33 bits per heavy atom. The zero-order valence-electron chi connectivity index (χ0n) is 5.83. The molecule has 6 heteroatoms. The van der Waals surface area contributed by atoms with Gasteiger partial charge in [-0.05, 0) is 33.6 Å². The first-order valence-corrected chi connectivity index (χ1v) is 4.31. The average molecular weight is 247 g/mol. The lowest BCUT2D eigenvalue weighted by Crippen LogP contribution is -1.99. The highest BCUT2D eigenvalue weighted by Gasteiger charge is 2.06. The minimum atomic E-state index is 0.142. The maximum absolute atomic E-state index is 5.62. The van der Waals surface area contributed by atoms with Gasteiger partial charge in [-0.2, -0.15) is 4.98 Å². The molecule has 0 saturated carbocycles. The Kier molecular flexibility index (Phi) is 1.69. The van der Waals surface area contributed by atoms with Gasteiger partial charge in [0.25, 0.3) is 0 Å². The van der Waals surface area contributed by atoms with E-state index >= 15 is 0 Å². The lowest BCUT2D eigenvalue weighted by Gasteiger charge is -1.98. The second-order valence-corrected chi connectivity index (χ2v) is 3.42. The molecule has 2 aromatic rings. The Balaban J connectivity index is 2.93. The molecule has 0 atom stereocenters. The molecule has 0 fully saturated rings. The Hall–Kier alpha value is -0.810. The Morgan fingerprint density at radius 1 is 1.58 bits per heavy atom. The van der Waals surface area contributed by atoms with Crippen LogP contribution in [0, 0.1) is 0 Å². The number of hydrogen-bond acceptors (Lipinski definition) is 3. The maximum Gasteiger partial charge on any atom is 0.243 e. The molecule has 0 aliphatic heterocycles. The molecule has 0 saturated heterocycles.